The molecular weight excluding hydrogens is 234 g/mol. The van der Waals surface area contributed by atoms with Gasteiger partial charge in [0.05, 0.1) is 6.54 Å². The first kappa shape index (κ1) is 12.0. The molecule has 0 aliphatic rings. The predicted octanol–water partition coefficient (Wildman–Crippen LogP) is 2.12. The Labute approximate surface area is 104 Å². The molecule has 2 rings (SSSR count). The summed E-state index contributed by atoms with van der Waals surface area (Å²) in [6.07, 6.45) is 0. The molecule has 1 N–H and O–H groups in total. The highest BCUT2D eigenvalue weighted by Crippen LogP contribution is 2.19. The second-order valence-electron chi connectivity index (χ2n) is 4.05. The zero-order valence-electron chi connectivity index (χ0n) is 9.88. The highest BCUT2D eigenvalue weighted by atomic mass is 32.2. The molecule has 0 atom stereocenters. The Morgan fingerprint density at radius 2 is 2.06 bits per heavy atom. The summed E-state index contributed by atoms with van der Waals surface area (Å²) in [7, 11) is 0. The molecule has 0 saturated carbocycles. The molecule has 0 bridgehead atoms. The number of H-pyrrole nitrogens is 1. The van der Waals surface area contributed by atoms with Gasteiger partial charge >= 0.3 is 5.69 Å². The Balaban J connectivity index is 2.26. The standard InChI is InChI=1S/C12H15N3OS/c1-9(2)17-12-14-13-11(16)15(12)8-10-6-4-3-5-7-10/h3-7,9H,8H2,1-2H3,(H,13,16). The summed E-state index contributed by atoms with van der Waals surface area (Å²) in [5.41, 5.74) is 0.943. The van der Waals surface area contributed by atoms with Crippen molar-refractivity contribution in [2.45, 2.75) is 30.8 Å². The highest BCUT2D eigenvalue weighted by molar-refractivity contribution is 7.99. The van der Waals surface area contributed by atoms with Crippen LogP contribution in [0, 0.1) is 0 Å². The molecule has 0 radical (unpaired) electrons. The second kappa shape index (κ2) is 5.23. The van der Waals surface area contributed by atoms with Gasteiger partial charge in [-0.1, -0.05) is 55.9 Å². The van der Waals surface area contributed by atoms with Gasteiger partial charge in [-0.15, -0.1) is 5.10 Å². The van der Waals surface area contributed by atoms with Crippen LogP contribution in [0.15, 0.2) is 40.3 Å². The van der Waals surface area contributed by atoms with E-state index in [2.05, 4.69) is 24.0 Å². The van der Waals surface area contributed by atoms with Crippen molar-refractivity contribution >= 4 is 11.8 Å². The van der Waals surface area contributed by atoms with Crippen LogP contribution in [-0.2, 0) is 6.54 Å². The van der Waals surface area contributed by atoms with E-state index in [0.29, 0.717) is 11.8 Å². The molecule has 0 unspecified atom stereocenters. The first-order valence-electron chi connectivity index (χ1n) is 5.52. The van der Waals surface area contributed by atoms with Gasteiger partial charge in [0.1, 0.15) is 0 Å². The van der Waals surface area contributed by atoms with E-state index >= 15 is 0 Å². The maximum absolute atomic E-state index is 11.7. The quantitative estimate of drug-likeness (QED) is 0.844. The first-order chi connectivity index (χ1) is 8.16. The lowest BCUT2D eigenvalue weighted by Gasteiger charge is -2.06. The fourth-order valence-electron chi connectivity index (χ4n) is 1.51. The van der Waals surface area contributed by atoms with Crippen LogP contribution in [0.4, 0.5) is 0 Å². The predicted molar refractivity (Wildman–Crippen MR) is 69.4 cm³/mol. The number of rotatable bonds is 4. The van der Waals surface area contributed by atoms with Crippen molar-refractivity contribution in [3.63, 3.8) is 0 Å². The first-order valence-corrected chi connectivity index (χ1v) is 6.40. The molecule has 90 valence electrons. The number of aromatic nitrogens is 3. The molecule has 17 heavy (non-hydrogen) atoms. The van der Waals surface area contributed by atoms with Crippen molar-refractivity contribution in [3.05, 3.63) is 46.4 Å². The Bertz CT molecular complexity index is 530. The van der Waals surface area contributed by atoms with Crippen molar-refractivity contribution in [1.29, 1.82) is 0 Å². The molecular formula is C12H15N3OS. The van der Waals surface area contributed by atoms with E-state index in [4.69, 9.17) is 0 Å². The van der Waals surface area contributed by atoms with Gasteiger partial charge in [0.15, 0.2) is 5.16 Å². The third-order valence-corrected chi connectivity index (χ3v) is 3.24. The van der Waals surface area contributed by atoms with Crippen molar-refractivity contribution in [3.8, 4) is 0 Å². The molecule has 4 nitrogen and oxygen atoms in total. The summed E-state index contributed by atoms with van der Waals surface area (Å²) in [6.45, 7) is 4.72. The lowest BCUT2D eigenvalue weighted by molar-refractivity contribution is 0.686. The number of aromatic amines is 1. The maximum Gasteiger partial charge on any atom is 0.344 e. The minimum absolute atomic E-state index is 0.156. The molecule has 1 heterocycles. The topological polar surface area (TPSA) is 50.7 Å². The summed E-state index contributed by atoms with van der Waals surface area (Å²) in [4.78, 5) is 11.7. The summed E-state index contributed by atoms with van der Waals surface area (Å²) >= 11 is 1.59. The molecule has 2 aromatic rings. The van der Waals surface area contributed by atoms with E-state index in [1.54, 1.807) is 16.3 Å². The third-order valence-electron chi connectivity index (χ3n) is 2.25. The Morgan fingerprint density at radius 1 is 1.35 bits per heavy atom. The largest absolute Gasteiger partial charge is 0.344 e. The van der Waals surface area contributed by atoms with Crippen molar-refractivity contribution < 1.29 is 0 Å². The number of thioether (sulfide) groups is 1. The molecule has 5 heteroatoms. The zero-order chi connectivity index (χ0) is 12.3. The van der Waals surface area contributed by atoms with Gasteiger partial charge in [-0.2, -0.15) is 0 Å². The Hall–Kier alpha value is -1.49. The van der Waals surface area contributed by atoms with Crippen LogP contribution >= 0.6 is 11.8 Å². The van der Waals surface area contributed by atoms with Gasteiger partial charge in [-0.25, -0.2) is 9.89 Å². The number of benzene rings is 1. The number of hydrogen-bond acceptors (Lipinski definition) is 3. The van der Waals surface area contributed by atoms with Crippen LogP contribution in [0.2, 0.25) is 0 Å². The summed E-state index contributed by atoms with van der Waals surface area (Å²) in [5.74, 6) is 0. The minimum atomic E-state index is -0.156. The van der Waals surface area contributed by atoms with Gasteiger partial charge < -0.3 is 0 Å². The normalized spacial score (nSPS) is 11.0. The maximum atomic E-state index is 11.7. The van der Waals surface area contributed by atoms with Crippen LogP contribution < -0.4 is 5.69 Å². The van der Waals surface area contributed by atoms with E-state index < -0.39 is 0 Å². The molecule has 1 aromatic heterocycles. The molecule has 0 fully saturated rings. The van der Waals surface area contributed by atoms with Crippen LogP contribution in [0.5, 0.6) is 0 Å². The van der Waals surface area contributed by atoms with Gasteiger partial charge in [0, 0.05) is 5.25 Å². The molecule has 0 amide bonds. The molecule has 0 saturated heterocycles. The van der Waals surface area contributed by atoms with Crippen LogP contribution in [0.25, 0.3) is 0 Å². The molecule has 0 aliphatic heterocycles. The molecule has 0 spiro atoms. The van der Waals surface area contributed by atoms with E-state index in [9.17, 15) is 4.79 Å². The van der Waals surface area contributed by atoms with Gasteiger partial charge in [0.25, 0.3) is 0 Å². The SMILES string of the molecule is CC(C)Sc1n[nH]c(=O)n1Cc1ccccc1. The lowest BCUT2D eigenvalue weighted by atomic mass is 10.2. The Kier molecular flexibility index (Phi) is 3.68. The van der Waals surface area contributed by atoms with E-state index in [-0.39, 0.29) is 5.69 Å². The van der Waals surface area contributed by atoms with Gasteiger partial charge in [0.2, 0.25) is 0 Å². The lowest BCUT2D eigenvalue weighted by Crippen LogP contribution is -2.18. The van der Waals surface area contributed by atoms with E-state index in [1.165, 1.54) is 0 Å². The van der Waals surface area contributed by atoms with E-state index in [1.807, 2.05) is 30.3 Å². The van der Waals surface area contributed by atoms with Crippen LogP contribution in [0.1, 0.15) is 19.4 Å². The summed E-state index contributed by atoms with van der Waals surface area (Å²) < 4.78 is 1.67. The summed E-state index contributed by atoms with van der Waals surface area (Å²) in [6, 6.07) is 9.91. The van der Waals surface area contributed by atoms with E-state index in [0.717, 1.165) is 10.7 Å². The molecule has 1 aromatic carbocycles. The number of hydrogen-bond donors (Lipinski definition) is 1. The second-order valence-corrected chi connectivity index (χ2v) is 5.59. The highest BCUT2D eigenvalue weighted by Gasteiger charge is 2.10. The fourth-order valence-corrected chi connectivity index (χ4v) is 2.30. The zero-order valence-corrected chi connectivity index (χ0v) is 10.7. The third kappa shape index (κ3) is 3.00. The van der Waals surface area contributed by atoms with Crippen molar-refractivity contribution in [2.24, 2.45) is 0 Å². The van der Waals surface area contributed by atoms with Gasteiger partial charge in [-0.3, -0.25) is 4.57 Å². The fraction of sp³-hybridized carbons (Fsp3) is 0.333. The Morgan fingerprint density at radius 3 is 2.71 bits per heavy atom. The average molecular weight is 249 g/mol. The monoisotopic (exact) mass is 249 g/mol. The van der Waals surface area contributed by atoms with Crippen LogP contribution in [-0.4, -0.2) is 20.0 Å². The number of nitrogens with one attached hydrogen (secondary N) is 1. The van der Waals surface area contributed by atoms with Crippen molar-refractivity contribution in [1.82, 2.24) is 14.8 Å². The van der Waals surface area contributed by atoms with Crippen LogP contribution in [0.3, 0.4) is 0 Å². The summed E-state index contributed by atoms with van der Waals surface area (Å²) in [5, 5.41) is 7.69. The van der Waals surface area contributed by atoms with Crippen molar-refractivity contribution in [2.75, 3.05) is 0 Å². The number of nitrogens with zero attached hydrogens (tertiary/aromatic N) is 2. The minimum Gasteiger partial charge on any atom is -0.266 e. The average Bonchev–Trinajstić information content (AvgIpc) is 2.62. The van der Waals surface area contributed by atoms with Gasteiger partial charge in [-0.05, 0) is 5.56 Å². The molecule has 0 aliphatic carbocycles. The smallest absolute Gasteiger partial charge is 0.266 e.